The van der Waals surface area contributed by atoms with Crippen LogP contribution in [0.5, 0.6) is 17.2 Å². The molecule has 6 rings (SSSR count). The van der Waals surface area contributed by atoms with Gasteiger partial charge >= 0.3 is 0 Å². The molecule has 3 aromatic carbocycles. The van der Waals surface area contributed by atoms with E-state index in [0.29, 0.717) is 55.0 Å². The lowest BCUT2D eigenvalue weighted by atomic mass is 9.97. The lowest BCUT2D eigenvalue weighted by Crippen LogP contribution is -2.58. The van der Waals surface area contributed by atoms with Crippen LogP contribution < -0.4 is 19.5 Å². The Hall–Kier alpha value is -4.48. The Morgan fingerprint density at radius 3 is 2.00 bits per heavy atom. The Kier molecular flexibility index (Phi) is 14.8. The highest BCUT2D eigenvalue weighted by molar-refractivity contribution is 6.41. The quantitative estimate of drug-likeness (QED) is 0.149. The molecule has 0 radical (unpaired) electrons. The van der Waals surface area contributed by atoms with Gasteiger partial charge in [-0.1, -0.05) is 69.1 Å². The number of rotatable bonds is 10. The molecule has 282 valence electrons. The van der Waals surface area contributed by atoms with Crippen molar-refractivity contribution in [3.8, 4) is 28.4 Å². The molecular weight excluding hydrogens is 711 g/mol. The highest BCUT2D eigenvalue weighted by Gasteiger charge is 2.33. The number of pyridine rings is 1. The molecule has 1 saturated heterocycles. The average molecular weight is 762 g/mol. The number of hydrogen-bond acceptors (Lipinski definition) is 9. The number of nitrogens with zero attached hydrogens (tertiary/aromatic N) is 5. The molecule has 0 atom stereocenters. The normalized spacial score (nSPS) is 13.9. The van der Waals surface area contributed by atoms with Crippen molar-refractivity contribution in [3.05, 3.63) is 100 Å². The summed E-state index contributed by atoms with van der Waals surface area (Å²) in [6, 6.07) is 17.1. The second-order valence-corrected chi connectivity index (χ2v) is 13.2. The molecule has 0 unspecified atom stereocenters. The molecule has 3 heterocycles. The number of fused-ring (bicyclic) bond motifs is 1. The summed E-state index contributed by atoms with van der Waals surface area (Å²) < 4.78 is 16.2. The second-order valence-electron chi connectivity index (χ2n) is 12.5. The van der Waals surface area contributed by atoms with Crippen molar-refractivity contribution in [2.75, 3.05) is 46.3 Å². The fourth-order valence-corrected chi connectivity index (χ4v) is 6.96. The number of ether oxygens (including phenoxy) is 3. The Morgan fingerprint density at radius 2 is 1.43 bits per heavy atom. The van der Waals surface area contributed by atoms with E-state index in [4.69, 9.17) is 37.4 Å². The second kappa shape index (κ2) is 19.0. The lowest BCUT2D eigenvalue weighted by Gasteiger charge is -2.47. The zero-order valence-corrected chi connectivity index (χ0v) is 33.6. The number of carbonyl (C=O) groups excluding carboxylic acids is 1. The van der Waals surface area contributed by atoms with Crippen LogP contribution in [0.4, 0.5) is 5.69 Å². The van der Waals surface area contributed by atoms with Crippen molar-refractivity contribution in [2.24, 2.45) is 0 Å². The van der Waals surface area contributed by atoms with Gasteiger partial charge in [-0.15, -0.1) is 0 Å². The molecule has 2 aromatic heterocycles. The standard InChI is InChI=1S/C37H38Cl2N6O4.2C2H6/c1-37(2)22-44(16-17-45(37)20-23-6-10-26(47-3)11-7-23)21-25-9-8-24(19-42-25)43-36(46)28-13-12-27(34-35(28)41-15-14-40-34)31-32(38)29(48-4)18-30(49-5)33(31)39;2*1-2/h6-15,18-19H,16-17,20-22H2,1-5H3,(H,43,46);2*1-2H3. The number of aromatic nitrogens is 3. The molecule has 0 saturated carbocycles. The van der Waals surface area contributed by atoms with E-state index in [1.165, 1.54) is 26.0 Å². The first kappa shape index (κ1) is 41.3. The highest BCUT2D eigenvalue weighted by Crippen LogP contribution is 2.47. The number of anilines is 1. The number of halogens is 2. The number of carbonyl (C=O) groups is 1. The van der Waals surface area contributed by atoms with E-state index in [1.807, 2.05) is 52.0 Å². The van der Waals surface area contributed by atoms with E-state index >= 15 is 0 Å². The van der Waals surface area contributed by atoms with Crippen LogP contribution in [0.25, 0.3) is 22.2 Å². The van der Waals surface area contributed by atoms with Crippen LogP contribution in [0.1, 0.15) is 63.2 Å². The maximum atomic E-state index is 13.6. The summed E-state index contributed by atoms with van der Waals surface area (Å²) in [4.78, 5) is 32.2. The predicted molar refractivity (Wildman–Crippen MR) is 216 cm³/mol. The molecule has 1 aliphatic rings. The molecule has 12 heteroatoms. The van der Waals surface area contributed by atoms with Crippen molar-refractivity contribution < 1.29 is 19.0 Å². The Bertz CT molecular complexity index is 1950. The van der Waals surface area contributed by atoms with Crippen LogP contribution in [0.2, 0.25) is 10.0 Å². The van der Waals surface area contributed by atoms with Crippen LogP contribution in [0.3, 0.4) is 0 Å². The van der Waals surface area contributed by atoms with Gasteiger partial charge in [-0.25, -0.2) is 0 Å². The third kappa shape index (κ3) is 9.55. The van der Waals surface area contributed by atoms with Crippen molar-refractivity contribution in [2.45, 2.75) is 60.2 Å². The fourth-order valence-electron chi connectivity index (χ4n) is 6.25. The van der Waals surface area contributed by atoms with Crippen LogP contribution in [-0.4, -0.2) is 77.2 Å². The van der Waals surface area contributed by atoms with E-state index in [2.05, 4.69) is 56.0 Å². The van der Waals surface area contributed by atoms with Crippen molar-refractivity contribution in [1.82, 2.24) is 24.8 Å². The fraction of sp³-hybridized carbons (Fsp3) is 0.366. The van der Waals surface area contributed by atoms with Crippen LogP contribution in [0, 0.1) is 0 Å². The zero-order chi connectivity index (χ0) is 38.7. The van der Waals surface area contributed by atoms with Gasteiger partial charge in [-0.3, -0.25) is 29.5 Å². The summed E-state index contributed by atoms with van der Waals surface area (Å²) in [7, 11) is 4.71. The van der Waals surface area contributed by atoms with E-state index in [0.717, 1.165) is 44.2 Å². The maximum absolute atomic E-state index is 13.6. The first-order valence-corrected chi connectivity index (χ1v) is 18.6. The lowest BCUT2D eigenvalue weighted by molar-refractivity contribution is 0.00982. The largest absolute Gasteiger partial charge is 0.497 e. The summed E-state index contributed by atoms with van der Waals surface area (Å²) in [6.07, 6.45) is 4.77. The summed E-state index contributed by atoms with van der Waals surface area (Å²) in [6.45, 7) is 17.0. The number of nitrogens with one attached hydrogen (secondary N) is 1. The van der Waals surface area contributed by atoms with Gasteiger partial charge in [0.2, 0.25) is 0 Å². The molecule has 1 aliphatic heterocycles. The van der Waals surface area contributed by atoms with Gasteiger partial charge in [0, 0.05) is 67.8 Å². The van der Waals surface area contributed by atoms with Gasteiger partial charge in [0.15, 0.2) is 0 Å². The molecular formula is C41H50Cl2N6O4. The third-order valence-corrected chi connectivity index (χ3v) is 9.62. The SMILES string of the molecule is CC.CC.COc1ccc(CN2CCN(Cc3ccc(NC(=O)c4ccc(-c5c(Cl)c(OC)cc(OC)c5Cl)c5nccnc45)cn3)CC2(C)C)cc1. The van der Waals surface area contributed by atoms with Gasteiger partial charge in [-0.2, -0.15) is 0 Å². The summed E-state index contributed by atoms with van der Waals surface area (Å²) >= 11 is 13.4. The smallest absolute Gasteiger partial charge is 0.257 e. The molecule has 1 N–H and O–H groups in total. The van der Waals surface area contributed by atoms with E-state index in [1.54, 1.807) is 37.7 Å². The van der Waals surface area contributed by atoms with Crippen LogP contribution in [-0.2, 0) is 13.1 Å². The van der Waals surface area contributed by atoms with Crippen molar-refractivity contribution in [3.63, 3.8) is 0 Å². The minimum absolute atomic E-state index is 0.0113. The Balaban J connectivity index is 0.00000152. The predicted octanol–water partition coefficient (Wildman–Crippen LogP) is 9.43. The van der Waals surface area contributed by atoms with Gasteiger partial charge in [-0.05, 0) is 49.7 Å². The molecule has 0 aliphatic carbocycles. The average Bonchev–Trinajstić information content (AvgIpc) is 3.18. The van der Waals surface area contributed by atoms with Gasteiger partial charge in [0.05, 0.1) is 60.0 Å². The summed E-state index contributed by atoms with van der Waals surface area (Å²) in [5.41, 5.74) is 5.00. The monoisotopic (exact) mass is 760 g/mol. The van der Waals surface area contributed by atoms with E-state index in [9.17, 15) is 4.79 Å². The number of hydrogen-bond donors (Lipinski definition) is 1. The zero-order valence-electron chi connectivity index (χ0n) is 32.1. The van der Waals surface area contributed by atoms with Crippen LogP contribution >= 0.6 is 23.2 Å². The van der Waals surface area contributed by atoms with Crippen molar-refractivity contribution >= 4 is 45.8 Å². The first-order valence-electron chi connectivity index (χ1n) is 17.8. The molecule has 1 amide bonds. The summed E-state index contributed by atoms with van der Waals surface area (Å²) in [5.74, 6) is 1.31. The Labute approximate surface area is 323 Å². The Morgan fingerprint density at radius 1 is 0.792 bits per heavy atom. The number of methoxy groups -OCH3 is 3. The van der Waals surface area contributed by atoms with E-state index < -0.39 is 0 Å². The van der Waals surface area contributed by atoms with Gasteiger partial charge < -0.3 is 19.5 Å². The molecule has 1 fully saturated rings. The topological polar surface area (TPSA) is 102 Å². The highest BCUT2D eigenvalue weighted by atomic mass is 35.5. The van der Waals surface area contributed by atoms with Gasteiger partial charge in [0.25, 0.3) is 5.91 Å². The first-order chi connectivity index (χ1) is 25.6. The third-order valence-electron chi connectivity index (χ3n) is 8.87. The molecule has 53 heavy (non-hydrogen) atoms. The molecule has 5 aromatic rings. The van der Waals surface area contributed by atoms with Crippen LogP contribution in [0.15, 0.2) is 73.2 Å². The maximum Gasteiger partial charge on any atom is 0.257 e. The van der Waals surface area contributed by atoms with E-state index in [-0.39, 0.29) is 11.4 Å². The minimum Gasteiger partial charge on any atom is -0.497 e. The molecule has 0 bridgehead atoms. The number of piperazine rings is 1. The minimum atomic E-state index is -0.346. The number of amides is 1. The summed E-state index contributed by atoms with van der Waals surface area (Å²) in [5, 5.41) is 3.55. The van der Waals surface area contributed by atoms with Crippen molar-refractivity contribution in [1.29, 1.82) is 0 Å². The number of benzene rings is 3. The molecule has 0 spiro atoms. The molecule has 10 nitrogen and oxygen atoms in total. The van der Waals surface area contributed by atoms with Gasteiger partial charge in [0.1, 0.15) is 22.8 Å².